The molecular formula is C24H26ClN3O3. The minimum atomic E-state index is -0.486. The first-order valence-electron chi connectivity index (χ1n) is 10.5. The van der Waals surface area contributed by atoms with Gasteiger partial charge in [-0.2, -0.15) is 0 Å². The number of aromatic nitrogens is 1. The van der Waals surface area contributed by atoms with Crippen molar-refractivity contribution in [3.63, 3.8) is 0 Å². The molecule has 162 valence electrons. The van der Waals surface area contributed by atoms with Crippen LogP contribution in [0.4, 0.5) is 4.79 Å². The van der Waals surface area contributed by atoms with Crippen molar-refractivity contribution < 1.29 is 14.3 Å². The fourth-order valence-corrected chi connectivity index (χ4v) is 4.73. The van der Waals surface area contributed by atoms with Gasteiger partial charge in [0.15, 0.2) is 0 Å². The van der Waals surface area contributed by atoms with Crippen molar-refractivity contribution in [3.05, 3.63) is 70.4 Å². The third-order valence-corrected chi connectivity index (χ3v) is 6.36. The molecule has 2 N–H and O–H groups in total. The second kappa shape index (κ2) is 9.02. The number of nitrogens with one attached hydrogen (secondary N) is 2. The van der Waals surface area contributed by atoms with Crippen LogP contribution in [0.25, 0.3) is 10.9 Å². The molecule has 6 nitrogen and oxygen atoms in total. The highest BCUT2D eigenvalue weighted by Gasteiger charge is 2.37. The number of alkyl carbamates (subject to hydrolysis) is 1. The number of fused-ring (bicyclic) bond motifs is 3. The molecule has 0 saturated carbocycles. The molecule has 1 aliphatic rings. The molecule has 2 amide bonds. The molecule has 2 aromatic carbocycles. The highest BCUT2D eigenvalue weighted by molar-refractivity contribution is 6.31. The van der Waals surface area contributed by atoms with Crippen LogP contribution >= 0.6 is 11.6 Å². The Morgan fingerprint density at radius 3 is 2.71 bits per heavy atom. The minimum Gasteiger partial charge on any atom is -0.453 e. The molecule has 2 unspecified atom stereocenters. The molecule has 0 aliphatic carbocycles. The van der Waals surface area contributed by atoms with Crippen molar-refractivity contribution in [2.45, 2.75) is 31.7 Å². The molecule has 0 radical (unpaired) electrons. The standard InChI is InChI=1S/C24H26ClN3O3/c1-15-23-22(17-9-4-6-11-20(17)27-23)18(16-8-3-5-10-19(16)25)14-28(15)21(29)12-7-13-26-24(30)31-2/h3-6,8-11,15,18,27H,7,12-14H2,1-2H3,(H,26,30). The van der Waals surface area contributed by atoms with Crippen LogP contribution in [0.15, 0.2) is 48.5 Å². The molecule has 0 bridgehead atoms. The van der Waals surface area contributed by atoms with Crippen molar-refractivity contribution in [1.29, 1.82) is 0 Å². The van der Waals surface area contributed by atoms with E-state index in [2.05, 4.69) is 34.1 Å². The van der Waals surface area contributed by atoms with E-state index in [0.29, 0.717) is 31.0 Å². The normalized spacial score (nSPS) is 18.0. The molecule has 1 aliphatic heterocycles. The van der Waals surface area contributed by atoms with Gasteiger partial charge in [-0.25, -0.2) is 4.79 Å². The van der Waals surface area contributed by atoms with E-state index in [0.717, 1.165) is 16.8 Å². The number of benzene rings is 2. The number of amides is 2. The highest BCUT2D eigenvalue weighted by Crippen LogP contribution is 2.44. The second-order valence-electron chi connectivity index (χ2n) is 7.82. The zero-order valence-electron chi connectivity index (χ0n) is 17.7. The lowest BCUT2D eigenvalue weighted by atomic mass is 9.83. The Morgan fingerprint density at radius 1 is 1.19 bits per heavy atom. The number of ether oxygens (including phenoxy) is 1. The lowest BCUT2D eigenvalue weighted by Gasteiger charge is -2.39. The number of carbonyl (C=O) groups excluding carboxylic acids is 2. The summed E-state index contributed by atoms with van der Waals surface area (Å²) in [6.07, 6.45) is 0.410. The number of hydrogen-bond acceptors (Lipinski definition) is 3. The number of rotatable bonds is 5. The van der Waals surface area contributed by atoms with Crippen molar-refractivity contribution in [3.8, 4) is 0 Å². The van der Waals surface area contributed by atoms with Crippen molar-refractivity contribution in [2.75, 3.05) is 20.2 Å². The van der Waals surface area contributed by atoms with E-state index in [1.54, 1.807) is 0 Å². The summed E-state index contributed by atoms with van der Waals surface area (Å²) in [5.74, 6) is 0.0359. The summed E-state index contributed by atoms with van der Waals surface area (Å²) in [6, 6.07) is 16.0. The summed E-state index contributed by atoms with van der Waals surface area (Å²) >= 11 is 6.59. The summed E-state index contributed by atoms with van der Waals surface area (Å²) in [5.41, 5.74) is 4.35. The average Bonchev–Trinajstić information content (AvgIpc) is 3.18. The SMILES string of the molecule is COC(=O)NCCCC(=O)N1CC(c2ccccc2Cl)c2c([nH]c3ccccc23)C1C. The fourth-order valence-electron chi connectivity index (χ4n) is 4.47. The Labute approximate surface area is 186 Å². The first-order chi connectivity index (χ1) is 15.0. The fraction of sp³-hybridized carbons (Fsp3) is 0.333. The van der Waals surface area contributed by atoms with Crippen molar-refractivity contribution in [1.82, 2.24) is 15.2 Å². The number of halogens is 1. The lowest BCUT2D eigenvalue weighted by molar-refractivity contribution is -0.134. The van der Waals surface area contributed by atoms with Crippen LogP contribution in [-0.4, -0.2) is 42.1 Å². The van der Waals surface area contributed by atoms with Crippen LogP contribution in [0.3, 0.4) is 0 Å². The van der Waals surface area contributed by atoms with Crippen LogP contribution in [0.5, 0.6) is 0 Å². The zero-order valence-corrected chi connectivity index (χ0v) is 18.4. The molecule has 2 heterocycles. The van der Waals surface area contributed by atoms with E-state index in [4.69, 9.17) is 11.6 Å². The van der Waals surface area contributed by atoms with Crippen LogP contribution in [0.2, 0.25) is 5.02 Å². The zero-order chi connectivity index (χ0) is 22.0. The smallest absolute Gasteiger partial charge is 0.406 e. The third-order valence-electron chi connectivity index (χ3n) is 6.01. The Hall–Kier alpha value is -2.99. The van der Waals surface area contributed by atoms with E-state index < -0.39 is 6.09 Å². The van der Waals surface area contributed by atoms with Crippen LogP contribution in [0.1, 0.15) is 48.5 Å². The van der Waals surface area contributed by atoms with E-state index in [1.807, 2.05) is 41.3 Å². The summed E-state index contributed by atoms with van der Waals surface area (Å²) in [5, 5.41) is 4.49. The molecule has 0 saturated heterocycles. The number of nitrogens with zero attached hydrogens (tertiary/aromatic N) is 1. The van der Waals surface area contributed by atoms with Gasteiger partial charge < -0.3 is 19.9 Å². The summed E-state index contributed by atoms with van der Waals surface area (Å²) in [4.78, 5) is 29.8. The number of para-hydroxylation sites is 1. The monoisotopic (exact) mass is 439 g/mol. The molecule has 0 spiro atoms. The molecule has 7 heteroatoms. The lowest BCUT2D eigenvalue weighted by Crippen LogP contribution is -2.41. The molecule has 31 heavy (non-hydrogen) atoms. The largest absolute Gasteiger partial charge is 0.453 e. The number of H-pyrrole nitrogens is 1. The summed E-state index contributed by atoms with van der Waals surface area (Å²) in [7, 11) is 1.32. The van der Waals surface area contributed by atoms with Gasteiger partial charge in [0, 0.05) is 47.0 Å². The van der Waals surface area contributed by atoms with E-state index in [1.165, 1.54) is 18.1 Å². The quantitative estimate of drug-likeness (QED) is 0.550. The maximum Gasteiger partial charge on any atom is 0.406 e. The van der Waals surface area contributed by atoms with E-state index in [9.17, 15) is 9.59 Å². The molecule has 2 atom stereocenters. The Morgan fingerprint density at radius 2 is 1.94 bits per heavy atom. The number of methoxy groups -OCH3 is 1. The Balaban J connectivity index is 1.65. The topological polar surface area (TPSA) is 74.4 Å². The first kappa shape index (κ1) is 21.2. The number of aromatic amines is 1. The van der Waals surface area contributed by atoms with Gasteiger partial charge in [-0.3, -0.25) is 4.79 Å². The number of hydrogen-bond donors (Lipinski definition) is 2. The summed E-state index contributed by atoms with van der Waals surface area (Å²) < 4.78 is 4.57. The van der Waals surface area contributed by atoms with Gasteiger partial charge in [0.1, 0.15) is 0 Å². The Bertz CT molecular complexity index is 1110. The second-order valence-corrected chi connectivity index (χ2v) is 8.22. The van der Waals surface area contributed by atoms with Crippen LogP contribution < -0.4 is 5.32 Å². The van der Waals surface area contributed by atoms with E-state index >= 15 is 0 Å². The van der Waals surface area contributed by atoms with Gasteiger partial charge in [0.05, 0.1) is 13.2 Å². The van der Waals surface area contributed by atoms with Gasteiger partial charge in [-0.1, -0.05) is 48.0 Å². The molecular weight excluding hydrogens is 414 g/mol. The first-order valence-corrected chi connectivity index (χ1v) is 10.8. The highest BCUT2D eigenvalue weighted by atomic mass is 35.5. The number of carbonyl (C=O) groups is 2. The van der Waals surface area contributed by atoms with Gasteiger partial charge in [0.2, 0.25) is 5.91 Å². The predicted octanol–water partition coefficient (Wildman–Crippen LogP) is 4.99. The predicted molar refractivity (Wildman–Crippen MR) is 121 cm³/mol. The average molecular weight is 440 g/mol. The van der Waals surface area contributed by atoms with Crippen LogP contribution in [-0.2, 0) is 9.53 Å². The molecule has 3 aromatic rings. The minimum absolute atomic E-state index is 0.0202. The molecule has 1 aromatic heterocycles. The van der Waals surface area contributed by atoms with Crippen molar-refractivity contribution in [2.24, 2.45) is 0 Å². The Kier molecular flexibility index (Phi) is 6.18. The third kappa shape index (κ3) is 4.12. The van der Waals surface area contributed by atoms with Gasteiger partial charge in [-0.05, 0) is 36.6 Å². The van der Waals surface area contributed by atoms with Gasteiger partial charge >= 0.3 is 6.09 Å². The van der Waals surface area contributed by atoms with Crippen LogP contribution in [0, 0.1) is 0 Å². The van der Waals surface area contributed by atoms with Crippen molar-refractivity contribution >= 4 is 34.5 Å². The summed E-state index contributed by atoms with van der Waals surface area (Å²) in [6.45, 7) is 3.01. The van der Waals surface area contributed by atoms with Gasteiger partial charge in [-0.15, -0.1) is 0 Å². The maximum absolute atomic E-state index is 13.1. The van der Waals surface area contributed by atoms with E-state index in [-0.39, 0.29) is 17.9 Å². The maximum atomic E-state index is 13.1. The molecule has 4 rings (SSSR count). The molecule has 0 fully saturated rings. The van der Waals surface area contributed by atoms with Gasteiger partial charge in [0.25, 0.3) is 0 Å².